The SMILES string of the molecule is NC(=S)SP=O. The predicted molar refractivity (Wildman–Crippen MR) is 32.0 cm³/mol. The Hall–Kier alpha value is 0.340. The fourth-order valence-corrected chi connectivity index (χ4v) is 0.604. The first-order chi connectivity index (χ1) is 2.77. The van der Waals surface area contributed by atoms with Gasteiger partial charge in [-0.3, -0.25) is 4.57 Å². The fraction of sp³-hybridized carbons (Fsp3) is 0. The molecule has 0 heterocycles. The molecule has 0 fully saturated rings. The van der Waals surface area contributed by atoms with E-state index in [0.717, 1.165) is 11.4 Å². The molecule has 0 aromatic rings. The molecule has 0 aliphatic heterocycles. The summed E-state index contributed by atoms with van der Waals surface area (Å²) in [5, 5.41) is 0. The van der Waals surface area contributed by atoms with E-state index in [1.54, 1.807) is 0 Å². The first-order valence-electron chi connectivity index (χ1n) is 1.06. The average molecular weight is 139 g/mol. The van der Waals surface area contributed by atoms with E-state index in [-0.39, 0.29) is 12.0 Å². The summed E-state index contributed by atoms with van der Waals surface area (Å²) in [4.78, 5) is 0. The summed E-state index contributed by atoms with van der Waals surface area (Å²) >= 11 is 5.24. The zero-order chi connectivity index (χ0) is 4.99. The summed E-state index contributed by atoms with van der Waals surface area (Å²) in [6.07, 6.45) is 0. The van der Waals surface area contributed by atoms with Crippen LogP contribution in [0, 0.1) is 0 Å². The van der Waals surface area contributed by atoms with Gasteiger partial charge in [-0.05, 0) is 0 Å². The summed E-state index contributed by atoms with van der Waals surface area (Å²) in [6.45, 7) is 0. The molecule has 0 unspecified atom stereocenters. The monoisotopic (exact) mass is 139 g/mol. The quantitative estimate of drug-likeness (QED) is 0.437. The Morgan fingerprint density at radius 2 is 2.50 bits per heavy atom. The van der Waals surface area contributed by atoms with Crippen LogP contribution in [0.25, 0.3) is 0 Å². The van der Waals surface area contributed by atoms with Crippen molar-refractivity contribution >= 4 is 35.6 Å². The van der Waals surface area contributed by atoms with Gasteiger partial charge < -0.3 is 5.73 Å². The number of nitrogens with two attached hydrogens (primary N) is 1. The molecule has 34 valence electrons. The maximum absolute atomic E-state index is 9.51. The van der Waals surface area contributed by atoms with Gasteiger partial charge in [-0.2, -0.15) is 0 Å². The molecule has 2 N–H and O–H groups in total. The minimum absolute atomic E-state index is 0.0756. The lowest BCUT2D eigenvalue weighted by molar-refractivity contribution is 0.605. The van der Waals surface area contributed by atoms with Crippen molar-refractivity contribution in [1.82, 2.24) is 0 Å². The van der Waals surface area contributed by atoms with Crippen LogP contribution < -0.4 is 5.73 Å². The molecule has 0 amide bonds. The van der Waals surface area contributed by atoms with E-state index in [1.165, 1.54) is 0 Å². The largest absolute Gasteiger partial charge is 0.384 e. The van der Waals surface area contributed by atoms with E-state index in [2.05, 4.69) is 12.2 Å². The molecule has 5 heteroatoms. The Labute approximate surface area is 46.4 Å². The molecule has 0 saturated heterocycles. The Balaban J connectivity index is 3.05. The van der Waals surface area contributed by atoms with E-state index in [9.17, 15) is 4.57 Å². The molecule has 0 aliphatic carbocycles. The summed E-state index contributed by atoms with van der Waals surface area (Å²) in [5.74, 6) is 0. The average Bonchev–Trinajstić information content (AvgIpc) is 1.35. The van der Waals surface area contributed by atoms with Crippen LogP contribution in [0.1, 0.15) is 0 Å². The first kappa shape index (κ1) is 6.34. The van der Waals surface area contributed by atoms with Crippen LogP contribution in [-0.2, 0) is 4.57 Å². The molecule has 0 atom stereocenters. The molecule has 0 spiro atoms. The molecule has 2 nitrogen and oxygen atoms in total. The Morgan fingerprint density at radius 3 is 2.50 bits per heavy atom. The van der Waals surface area contributed by atoms with Gasteiger partial charge in [-0.1, -0.05) is 12.2 Å². The lowest BCUT2D eigenvalue weighted by atomic mass is 11.5. The first-order valence-corrected chi connectivity index (χ1v) is 3.70. The molecular weight excluding hydrogens is 137 g/mol. The van der Waals surface area contributed by atoms with Gasteiger partial charge in [0, 0.05) is 11.4 Å². The number of thiocarbonyl (C=S) groups is 1. The van der Waals surface area contributed by atoms with Crippen LogP contribution in [0.5, 0.6) is 0 Å². The summed E-state index contributed by atoms with van der Waals surface area (Å²) in [6, 6.07) is 0. The van der Waals surface area contributed by atoms with E-state index < -0.39 is 0 Å². The van der Waals surface area contributed by atoms with Gasteiger partial charge in [0.1, 0.15) is 4.32 Å². The van der Waals surface area contributed by atoms with Gasteiger partial charge in [0.2, 0.25) is 7.66 Å². The molecule has 6 heavy (non-hydrogen) atoms. The van der Waals surface area contributed by atoms with Crippen molar-refractivity contribution in [3.8, 4) is 0 Å². The summed E-state index contributed by atoms with van der Waals surface area (Å²) < 4.78 is 9.72. The normalized spacial score (nSPS) is 8.67. The smallest absolute Gasteiger partial charge is 0.234 e. The van der Waals surface area contributed by atoms with Crippen molar-refractivity contribution in [2.45, 2.75) is 0 Å². The highest BCUT2D eigenvalue weighted by atomic mass is 32.7. The zero-order valence-corrected chi connectivity index (χ0v) is 5.28. The van der Waals surface area contributed by atoms with Crippen molar-refractivity contribution in [2.24, 2.45) is 5.73 Å². The molecule has 0 aromatic heterocycles. The highest BCUT2D eigenvalue weighted by Gasteiger charge is 1.81. The van der Waals surface area contributed by atoms with Crippen molar-refractivity contribution < 1.29 is 4.57 Å². The molecule has 0 saturated carbocycles. The van der Waals surface area contributed by atoms with Crippen LogP contribution in [0.4, 0.5) is 0 Å². The van der Waals surface area contributed by atoms with Crippen molar-refractivity contribution in [3.63, 3.8) is 0 Å². The van der Waals surface area contributed by atoms with Crippen LogP contribution in [0.2, 0.25) is 0 Å². The number of rotatable bonds is 1. The Morgan fingerprint density at radius 1 is 2.00 bits per heavy atom. The zero-order valence-electron chi connectivity index (χ0n) is 2.75. The molecular formula is CH2NOPS2. The lowest BCUT2D eigenvalue weighted by Crippen LogP contribution is -1.97. The maximum atomic E-state index is 9.51. The van der Waals surface area contributed by atoms with Gasteiger partial charge >= 0.3 is 0 Å². The van der Waals surface area contributed by atoms with E-state index in [0.29, 0.717) is 0 Å². The maximum Gasteiger partial charge on any atom is 0.234 e. The lowest BCUT2D eigenvalue weighted by Gasteiger charge is -1.75. The molecule has 0 bridgehead atoms. The van der Waals surface area contributed by atoms with Gasteiger partial charge in [-0.25, -0.2) is 0 Å². The Kier molecular flexibility index (Phi) is 3.73. The van der Waals surface area contributed by atoms with Gasteiger partial charge in [-0.15, -0.1) is 0 Å². The standard InChI is InChI=1S/CH2NOPS2/c2-1(5)6-4-3/h(H2,2,5). The van der Waals surface area contributed by atoms with E-state index >= 15 is 0 Å². The third kappa shape index (κ3) is 4.34. The summed E-state index contributed by atoms with van der Waals surface area (Å²) in [7, 11) is -0.0756. The van der Waals surface area contributed by atoms with Crippen molar-refractivity contribution in [1.29, 1.82) is 0 Å². The highest BCUT2D eigenvalue weighted by Crippen LogP contribution is 2.15. The minimum atomic E-state index is -0.0756. The summed E-state index contributed by atoms with van der Waals surface area (Å²) in [5.41, 5.74) is 4.89. The topological polar surface area (TPSA) is 43.1 Å². The second kappa shape index (κ2) is 3.53. The second-order valence-electron chi connectivity index (χ2n) is 0.485. The Bertz CT molecular complexity index is 73.9. The molecule has 0 aromatic carbocycles. The third-order valence-corrected chi connectivity index (χ3v) is 1.82. The van der Waals surface area contributed by atoms with Crippen LogP contribution in [0.3, 0.4) is 0 Å². The highest BCUT2D eigenvalue weighted by molar-refractivity contribution is 8.57. The second-order valence-corrected chi connectivity index (χ2v) is 2.95. The minimum Gasteiger partial charge on any atom is -0.384 e. The van der Waals surface area contributed by atoms with Crippen LogP contribution in [-0.4, -0.2) is 4.32 Å². The molecule has 0 rings (SSSR count). The number of hydrogen-bond donors (Lipinski definition) is 1. The van der Waals surface area contributed by atoms with Crippen molar-refractivity contribution in [2.75, 3.05) is 0 Å². The third-order valence-electron chi connectivity index (χ3n) is 0.127. The predicted octanol–water partition coefficient (Wildman–Crippen LogP) is 1.17. The van der Waals surface area contributed by atoms with E-state index in [1.807, 2.05) is 0 Å². The fourth-order valence-electron chi connectivity index (χ4n) is 0.0367. The molecule has 0 radical (unpaired) electrons. The van der Waals surface area contributed by atoms with Gasteiger partial charge in [0.15, 0.2) is 0 Å². The van der Waals surface area contributed by atoms with Crippen molar-refractivity contribution in [3.05, 3.63) is 0 Å². The van der Waals surface area contributed by atoms with Gasteiger partial charge in [0.25, 0.3) is 0 Å². The molecule has 0 aliphatic rings. The number of hydrogen-bond acceptors (Lipinski definition) is 3. The van der Waals surface area contributed by atoms with Gasteiger partial charge in [0.05, 0.1) is 0 Å². The van der Waals surface area contributed by atoms with Crippen LogP contribution in [0.15, 0.2) is 0 Å². The van der Waals surface area contributed by atoms with E-state index in [4.69, 9.17) is 5.73 Å². The van der Waals surface area contributed by atoms with Crippen LogP contribution >= 0.6 is 31.3 Å².